The number of hydrogen-bond donors (Lipinski definition) is 4. The first-order valence-corrected chi connectivity index (χ1v) is 12.6. The number of carbonyl (C=O) groups is 1. The number of nitrogens with zero attached hydrogens (tertiary/aromatic N) is 5. The number of methoxy groups -OCH3 is 1. The van der Waals surface area contributed by atoms with Crippen LogP contribution in [0.2, 0.25) is 0 Å². The number of anilines is 2. The molecule has 3 aromatic rings. The molecule has 0 aliphatic heterocycles. The normalized spacial score (nSPS) is 19.4. The minimum Gasteiger partial charge on any atom is -0.388 e. The summed E-state index contributed by atoms with van der Waals surface area (Å²) in [6.07, 6.45) is 3.47. The number of nitrogen functional groups attached to an aromatic ring is 1. The fourth-order valence-electron chi connectivity index (χ4n) is 4.61. The van der Waals surface area contributed by atoms with E-state index in [-0.39, 0.29) is 24.0 Å². The van der Waals surface area contributed by atoms with E-state index in [9.17, 15) is 9.90 Å². The number of nitrogens with one attached hydrogen (secondary N) is 2. The smallest absolute Gasteiger partial charge is 0.319 e. The van der Waals surface area contributed by atoms with Crippen molar-refractivity contribution >= 4 is 28.7 Å². The van der Waals surface area contributed by atoms with E-state index in [2.05, 4.69) is 51.3 Å². The van der Waals surface area contributed by atoms with Crippen LogP contribution in [0.25, 0.3) is 11.2 Å². The molecule has 2 atom stereocenters. The van der Waals surface area contributed by atoms with Crippen molar-refractivity contribution in [2.24, 2.45) is 0 Å². The number of rotatable bonds is 9. The molecule has 200 valence electrons. The third kappa shape index (κ3) is 6.35. The molecule has 37 heavy (non-hydrogen) atoms. The Morgan fingerprint density at radius 1 is 1.24 bits per heavy atom. The molecule has 1 aliphatic rings. The van der Waals surface area contributed by atoms with E-state index in [1.807, 2.05) is 31.3 Å². The maximum atomic E-state index is 12.4. The molecule has 11 nitrogen and oxygen atoms in total. The lowest BCUT2D eigenvalue weighted by molar-refractivity contribution is -0.0448. The number of fused-ring (bicyclic) bond motifs is 1. The van der Waals surface area contributed by atoms with E-state index in [1.165, 1.54) is 11.9 Å². The van der Waals surface area contributed by atoms with Gasteiger partial charge in [0.2, 0.25) is 0 Å². The largest absolute Gasteiger partial charge is 0.388 e. The number of nitrogens with two attached hydrogens (primary N) is 1. The number of hydrogen-bond acceptors (Lipinski definition) is 8. The molecule has 1 saturated carbocycles. The van der Waals surface area contributed by atoms with Gasteiger partial charge in [-0.15, -0.1) is 0 Å². The second kappa shape index (κ2) is 11.0. The second-order valence-electron chi connectivity index (χ2n) is 10.9. The number of carbonyl (C=O) groups excluding carboxylic acids is 1. The Morgan fingerprint density at radius 3 is 2.59 bits per heavy atom. The van der Waals surface area contributed by atoms with Gasteiger partial charge in [0, 0.05) is 31.4 Å². The number of aromatic nitrogens is 4. The SMILES string of the molecule is CO[C@H](CN(C)C1CC(NC(=O)Nc2ccc(C(C)(C)C)cc2)C1)[C@@H](O)Cn1cnc2c(N)ncnc21. The molecular weight excluding hydrogens is 472 g/mol. The number of urea groups is 1. The first kappa shape index (κ1) is 26.8. The van der Waals surface area contributed by atoms with Gasteiger partial charge in [0.1, 0.15) is 11.8 Å². The maximum Gasteiger partial charge on any atom is 0.319 e. The van der Waals surface area contributed by atoms with E-state index in [4.69, 9.17) is 10.5 Å². The van der Waals surface area contributed by atoms with Gasteiger partial charge in [-0.05, 0) is 43.0 Å². The van der Waals surface area contributed by atoms with Crippen LogP contribution in [0.4, 0.5) is 16.3 Å². The molecule has 0 saturated heterocycles. The summed E-state index contributed by atoms with van der Waals surface area (Å²) in [5, 5.41) is 16.8. The van der Waals surface area contributed by atoms with Gasteiger partial charge in [-0.1, -0.05) is 32.9 Å². The van der Waals surface area contributed by atoms with Crippen LogP contribution in [-0.4, -0.2) is 80.6 Å². The van der Waals surface area contributed by atoms with Crippen LogP contribution >= 0.6 is 0 Å². The summed E-state index contributed by atoms with van der Waals surface area (Å²) in [6.45, 7) is 7.30. The van der Waals surface area contributed by atoms with Gasteiger partial charge in [0.05, 0.1) is 25.1 Å². The lowest BCUT2D eigenvalue weighted by Gasteiger charge is -2.42. The summed E-state index contributed by atoms with van der Waals surface area (Å²) in [5.41, 5.74) is 9.01. The predicted molar refractivity (Wildman–Crippen MR) is 143 cm³/mol. The summed E-state index contributed by atoms with van der Waals surface area (Å²) in [4.78, 5) is 27.0. The lowest BCUT2D eigenvalue weighted by Crippen LogP contribution is -2.55. The zero-order valence-corrected chi connectivity index (χ0v) is 22.2. The van der Waals surface area contributed by atoms with Gasteiger partial charge in [0.15, 0.2) is 11.5 Å². The van der Waals surface area contributed by atoms with Crippen LogP contribution in [0.5, 0.6) is 0 Å². The highest BCUT2D eigenvalue weighted by Crippen LogP contribution is 2.26. The zero-order chi connectivity index (χ0) is 26.7. The first-order valence-electron chi connectivity index (χ1n) is 12.6. The molecule has 2 heterocycles. The molecule has 5 N–H and O–H groups in total. The van der Waals surface area contributed by atoms with Gasteiger partial charge < -0.3 is 35.7 Å². The van der Waals surface area contributed by atoms with Gasteiger partial charge in [-0.3, -0.25) is 0 Å². The third-order valence-corrected chi connectivity index (χ3v) is 7.09. The first-order chi connectivity index (χ1) is 17.5. The molecule has 2 aromatic heterocycles. The maximum absolute atomic E-state index is 12.4. The van der Waals surface area contributed by atoms with Gasteiger partial charge in [0.25, 0.3) is 0 Å². The topological polar surface area (TPSA) is 143 Å². The summed E-state index contributed by atoms with van der Waals surface area (Å²) in [6, 6.07) is 8.16. The van der Waals surface area contributed by atoms with Crippen LogP contribution in [0.15, 0.2) is 36.9 Å². The summed E-state index contributed by atoms with van der Waals surface area (Å²) in [7, 11) is 3.61. The number of aliphatic hydroxyl groups is 1. The molecule has 0 unspecified atom stereocenters. The monoisotopic (exact) mass is 510 g/mol. The van der Waals surface area contributed by atoms with E-state index >= 15 is 0 Å². The highest BCUT2D eigenvalue weighted by Gasteiger charge is 2.35. The summed E-state index contributed by atoms with van der Waals surface area (Å²) < 4.78 is 7.36. The Hall–Kier alpha value is -3.28. The number of likely N-dealkylation sites (N-methyl/N-ethyl adjacent to an activating group) is 1. The van der Waals surface area contributed by atoms with Crippen molar-refractivity contribution < 1.29 is 14.6 Å². The predicted octanol–water partition coefficient (Wildman–Crippen LogP) is 2.37. The van der Waals surface area contributed by atoms with Gasteiger partial charge in [-0.25, -0.2) is 19.7 Å². The van der Waals surface area contributed by atoms with Crippen LogP contribution < -0.4 is 16.4 Å². The average Bonchev–Trinajstić information content (AvgIpc) is 3.23. The number of ether oxygens (including phenoxy) is 1. The van der Waals surface area contributed by atoms with Crippen LogP contribution in [0.3, 0.4) is 0 Å². The Balaban J connectivity index is 1.22. The van der Waals surface area contributed by atoms with Crippen LogP contribution in [0.1, 0.15) is 39.2 Å². The minimum absolute atomic E-state index is 0.0724. The van der Waals surface area contributed by atoms with E-state index in [0.29, 0.717) is 29.6 Å². The standard InChI is InChI=1S/C26H38N8O3/c1-26(2,3)16-6-8-17(9-7-16)31-25(36)32-18-10-19(11-18)33(4)13-21(37-5)20(35)12-34-15-30-22-23(27)28-14-29-24(22)34/h6-9,14-15,18-21,35H,10-13H2,1-5H3,(H2,27,28,29)(H2,31,32,36)/t18?,19?,20-,21+/m0/s1. The Morgan fingerprint density at radius 2 is 1.95 bits per heavy atom. The molecule has 0 bridgehead atoms. The number of aliphatic hydroxyl groups excluding tert-OH is 1. The molecule has 1 fully saturated rings. The zero-order valence-electron chi connectivity index (χ0n) is 22.2. The van der Waals surface area contributed by atoms with Crippen molar-refractivity contribution in [3.8, 4) is 0 Å². The van der Waals surface area contributed by atoms with E-state index in [1.54, 1.807) is 18.0 Å². The van der Waals surface area contributed by atoms with Crippen molar-refractivity contribution in [2.75, 3.05) is 31.8 Å². The molecule has 1 aromatic carbocycles. The Labute approximate surface area is 217 Å². The molecule has 11 heteroatoms. The molecule has 1 aliphatic carbocycles. The fraction of sp³-hybridized carbons (Fsp3) is 0.538. The number of imidazole rings is 1. The average molecular weight is 511 g/mol. The molecule has 0 radical (unpaired) electrons. The highest BCUT2D eigenvalue weighted by atomic mass is 16.5. The summed E-state index contributed by atoms with van der Waals surface area (Å²) in [5.74, 6) is 0.307. The van der Waals surface area contributed by atoms with Crippen molar-refractivity contribution in [3.05, 3.63) is 42.5 Å². The Kier molecular flexibility index (Phi) is 7.96. The molecule has 0 spiro atoms. The molecular formula is C26H38N8O3. The quantitative estimate of drug-likeness (QED) is 0.344. The fourth-order valence-corrected chi connectivity index (χ4v) is 4.61. The van der Waals surface area contributed by atoms with Gasteiger partial charge in [-0.2, -0.15) is 0 Å². The molecule has 2 amide bonds. The molecule has 4 rings (SSSR count). The second-order valence-corrected chi connectivity index (χ2v) is 10.9. The van der Waals surface area contributed by atoms with Gasteiger partial charge >= 0.3 is 6.03 Å². The minimum atomic E-state index is -0.773. The third-order valence-electron chi connectivity index (χ3n) is 7.09. The number of amides is 2. The summed E-state index contributed by atoms with van der Waals surface area (Å²) >= 11 is 0. The number of benzene rings is 1. The van der Waals surface area contributed by atoms with E-state index < -0.39 is 12.2 Å². The highest BCUT2D eigenvalue weighted by molar-refractivity contribution is 5.89. The van der Waals surface area contributed by atoms with Crippen LogP contribution in [-0.2, 0) is 16.7 Å². The lowest BCUT2D eigenvalue weighted by atomic mass is 9.85. The van der Waals surface area contributed by atoms with E-state index in [0.717, 1.165) is 18.5 Å². The van der Waals surface area contributed by atoms with Crippen molar-refractivity contribution in [2.45, 2.75) is 69.9 Å². The van der Waals surface area contributed by atoms with Crippen molar-refractivity contribution in [1.82, 2.24) is 29.7 Å². The van der Waals surface area contributed by atoms with Crippen molar-refractivity contribution in [1.29, 1.82) is 0 Å². The Bertz CT molecular complexity index is 1200. The van der Waals surface area contributed by atoms with Crippen LogP contribution in [0, 0.1) is 0 Å². The van der Waals surface area contributed by atoms with Crippen molar-refractivity contribution in [3.63, 3.8) is 0 Å².